The number of furan rings is 1. The average Bonchev–Trinajstić information content (AvgIpc) is 3.30. The van der Waals surface area contributed by atoms with Crippen molar-refractivity contribution >= 4 is 21.7 Å². The minimum absolute atomic E-state index is 0.145. The second kappa shape index (κ2) is 10.3. The summed E-state index contributed by atoms with van der Waals surface area (Å²) in [5.41, 5.74) is 3.87. The van der Waals surface area contributed by atoms with Gasteiger partial charge in [-0.2, -0.15) is 0 Å². The fraction of sp³-hybridized carbons (Fsp3) is 0.308. The van der Waals surface area contributed by atoms with Gasteiger partial charge < -0.3 is 14.5 Å². The third-order valence-electron chi connectivity index (χ3n) is 5.96. The van der Waals surface area contributed by atoms with Crippen molar-refractivity contribution in [3.8, 4) is 0 Å². The Labute approximate surface area is 199 Å². The SMILES string of the molecule is CC(NC(=O)COC(=O)c1occc1CS(=O)(=O)c1ccccc1)c1ccc2c(c1)CCCC2. The second-order valence-corrected chi connectivity index (χ2v) is 10.4. The van der Waals surface area contributed by atoms with Crippen LogP contribution < -0.4 is 5.32 Å². The average molecular weight is 482 g/mol. The smallest absolute Gasteiger partial charge is 0.375 e. The number of rotatable bonds is 8. The van der Waals surface area contributed by atoms with Gasteiger partial charge >= 0.3 is 5.97 Å². The standard InChI is InChI=1S/C26H27NO6S/c1-18(20-12-11-19-7-5-6-8-21(19)15-20)27-24(28)16-33-26(29)25-22(13-14-32-25)17-34(30,31)23-9-3-2-4-10-23/h2-4,9-15,18H,5-8,16-17H2,1H3,(H,27,28). The number of hydrogen-bond donors (Lipinski definition) is 1. The van der Waals surface area contributed by atoms with Crippen LogP contribution >= 0.6 is 0 Å². The minimum Gasteiger partial charge on any atom is -0.457 e. The number of nitrogens with one attached hydrogen (secondary N) is 1. The molecular formula is C26H27NO6S. The topological polar surface area (TPSA) is 103 Å². The lowest BCUT2D eigenvalue weighted by Crippen LogP contribution is -2.31. The number of aryl methyl sites for hydroxylation is 2. The van der Waals surface area contributed by atoms with Gasteiger partial charge in [-0.15, -0.1) is 0 Å². The van der Waals surface area contributed by atoms with E-state index in [0.717, 1.165) is 18.4 Å². The Hall–Kier alpha value is -3.39. The summed E-state index contributed by atoms with van der Waals surface area (Å²) in [5.74, 6) is -1.99. The van der Waals surface area contributed by atoms with E-state index >= 15 is 0 Å². The lowest BCUT2D eigenvalue weighted by Gasteiger charge is -2.20. The van der Waals surface area contributed by atoms with Crippen LogP contribution in [0.25, 0.3) is 0 Å². The van der Waals surface area contributed by atoms with Gasteiger partial charge in [0, 0.05) is 5.56 Å². The van der Waals surface area contributed by atoms with E-state index in [1.54, 1.807) is 18.2 Å². The molecule has 34 heavy (non-hydrogen) atoms. The van der Waals surface area contributed by atoms with Gasteiger partial charge in [0.25, 0.3) is 5.91 Å². The first-order valence-corrected chi connectivity index (χ1v) is 12.9. The molecule has 1 atom stereocenters. The van der Waals surface area contributed by atoms with Crippen LogP contribution in [0.15, 0.2) is 70.2 Å². The number of carbonyl (C=O) groups excluding carboxylic acids is 2. The first kappa shape index (κ1) is 23.8. The summed E-state index contributed by atoms with van der Waals surface area (Å²) in [6, 6.07) is 15.4. The normalized spacial score (nSPS) is 14.1. The zero-order chi connectivity index (χ0) is 24.1. The van der Waals surface area contributed by atoms with E-state index in [-0.39, 0.29) is 22.3 Å². The molecule has 0 aliphatic heterocycles. The molecule has 1 aliphatic carbocycles. The quantitative estimate of drug-likeness (QED) is 0.485. The molecule has 3 aromatic rings. The lowest BCUT2D eigenvalue weighted by molar-refractivity contribution is -0.124. The van der Waals surface area contributed by atoms with Crippen LogP contribution in [0.4, 0.5) is 0 Å². The third kappa shape index (κ3) is 5.56. The zero-order valence-corrected chi connectivity index (χ0v) is 19.8. The third-order valence-corrected chi connectivity index (χ3v) is 7.65. The van der Waals surface area contributed by atoms with Gasteiger partial charge in [-0.3, -0.25) is 4.79 Å². The monoisotopic (exact) mass is 481 g/mol. The molecule has 1 heterocycles. The number of carbonyl (C=O) groups is 2. The highest BCUT2D eigenvalue weighted by atomic mass is 32.2. The molecule has 7 nitrogen and oxygen atoms in total. The Bertz CT molecular complexity index is 1280. The van der Waals surface area contributed by atoms with Crippen LogP contribution in [-0.2, 0) is 38.0 Å². The van der Waals surface area contributed by atoms with Crippen LogP contribution in [0, 0.1) is 0 Å². The number of sulfone groups is 1. The van der Waals surface area contributed by atoms with Crippen molar-refractivity contribution in [3.63, 3.8) is 0 Å². The highest BCUT2D eigenvalue weighted by Crippen LogP contribution is 2.25. The van der Waals surface area contributed by atoms with Gasteiger partial charge in [-0.1, -0.05) is 36.4 Å². The van der Waals surface area contributed by atoms with Gasteiger partial charge in [-0.05, 0) is 67.5 Å². The Morgan fingerprint density at radius 2 is 1.76 bits per heavy atom. The van der Waals surface area contributed by atoms with Crippen molar-refractivity contribution in [3.05, 3.63) is 88.9 Å². The number of esters is 1. The molecular weight excluding hydrogens is 454 g/mol. The maximum Gasteiger partial charge on any atom is 0.375 e. The van der Waals surface area contributed by atoms with Gasteiger partial charge in [-0.25, -0.2) is 13.2 Å². The van der Waals surface area contributed by atoms with Crippen molar-refractivity contribution in [1.82, 2.24) is 5.32 Å². The van der Waals surface area contributed by atoms with E-state index in [9.17, 15) is 18.0 Å². The first-order chi connectivity index (χ1) is 16.3. The van der Waals surface area contributed by atoms with E-state index in [4.69, 9.17) is 9.15 Å². The fourth-order valence-electron chi connectivity index (χ4n) is 4.13. The molecule has 0 saturated carbocycles. The molecule has 0 fully saturated rings. The number of ether oxygens (including phenoxy) is 1. The molecule has 0 radical (unpaired) electrons. The molecule has 0 spiro atoms. The molecule has 8 heteroatoms. The van der Waals surface area contributed by atoms with Crippen LogP contribution in [0.5, 0.6) is 0 Å². The fourth-order valence-corrected chi connectivity index (χ4v) is 5.51. The molecule has 178 valence electrons. The van der Waals surface area contributed by atoms with Gasteiger partial charge in [0.2, 0.25) is 5.76 Å². The van der Waals surface area contributed by atoms with E-state index in [2.05, 4.69) is 17.4 Å². The van der Waals surface area contributed by atoms with Gasteiger partial charge in [0.05, 0.1) is 23.0 Å². The summed E-state index contributed by atoms with van der Waals surface area (Å²) in [5, 5.41) is 2.84. The molecule has 4 rings (SSSR count). The van der Waals surface area contributed by atoms with Crippen molar-refractivity contribution in [2.75, 3.05) is 6.61 Å². The summed E-state index contributed by atoms with van der Waals surface area (Å²) in [4.78, 5) is 25.0. The molecule has 0 bridgehead atoms. The molecule has 0 saturated heterocycles. The predicted octanol–water partition coefficient (Wildman–Crippen LogP) is 4.17. The Kier molecular flexibility index (Phi) is 7.17. The maximum absolute atomic E-state index is 12.6. The van der Waals surface area contributed by atoms with E-state index in [1.165, 1.54) is 48.4 Å². The van der Waals surface area contributed by atoms with Crippen LogP contribution in [0.3, 0.4) is 0 Å². The molecule has 2 aromatic carbocycles. The molecule has 1 aliphatic rings. The number of fused-ring (bicyclic) bond motifs is 1. The lowest BCUT2D eigenvalue weighted by atomic mass is 9.89. The first-order valence-electron chi connectivity index (χ1n) is 11.3. The highest BCUT2D eigenvalue weighted by molar-refractivity contribution is 7.90. The van der Waals surface area contributed by atoms with Crippen molar-refractivity contribution in [2.24, 2.45) is 0 Å². The van der Waals surface area contributed by atoms with E-state index in [0.29, 0.717) is 0 Å². The molecule has 1 aromatic heterocycles. The molecule has 1 unspecified atom stereocenters. The van der Waals surface area contributed by atoms with E-state index < -0.39 is 34.1 Å². The summed E-state index contributed by atoms with van der Waals surface area (Å²) in [7, 11) is -3.67. The molecule has 1 amide bonds. The summed E-state index contributed by atoms with van der Waals surface area (Å²) in [6.07, 6.45) is 5.75. The van der Waals surface area contributed by atoms with Gasteiger partial charge in [0.15, 0.2) is 16.4 Å². The van der Waals surface area contributed by atoms with Crippen molar-refractivity contribution in [1.29, 1.82) is 0 Å². The zero-order valence-electron chi connectivity index (χ0n) is 19.0. The summed E-state index contributed by atoms with van der Waals surface area (Å²) >= 11 is 0. The minimum atomic E-state index is -3.67. The number of benzene rings is 2. The number of amides is 1. The van der Waals surface area contributed by atoms with Crippen LogP contribution in [0.1, 0.15) is 58.6 Å². The maximum atomic E-state index is 12.6. The molecule has 1 N–H and O–H groups in total. The predicted molar refractivity (Wildman–Crippen MR) is 126 cm³/mol. The Morgan fingerprint density at radius 1 is 1.03 bits per heavy atom. The summed E-state index contributed by atoms with van der Waals surface area (Å²) < 4.78 is 35.5. The van der Waals surface area contributed by atoms with Crippen molar-refractivity contribution in [2.45, 2.75) is 49.3 Å². The summed E-state index contributed by atoms with van der Waals surface area (Å²) in [6.45, 7) is 1.38. The van der Waals surface area contributed by atoms with Gasteiger partial charge in [0.1, 0.15) is 0 Å². The number of hydrogen-bond acceptors (Lipinski definition) is 6. The van der Waals surface area contributed by atoms with Crippen molar-refractivity contribution < 1.29 is 27.2 Å². The van der Waals surface area contributed by atoms with Crippen LogP contribution in [0.2, 0.25) is 0 Å². The highest BCUT2D eigenvalue weighted by Gasteiger charge is 2.24. The van der Waals surface area contributed by atoms with Crippen LogP contribution in [-0.4, -0.2) is 26.9 Å². The second-order valence-electron chi connectivity index (χ2n) is 8.45. The largest absolute Gasteiger partial charge is 0.457 e. The Balaban J connectivity index is 1.34. The van der Waals surface area contributed by atoms with E-state index in [1.807, 2.05) is 13.0 Å². The Morgan fingerprint density at radius 3 is 2.53 bits per heavy atom.